The first-order valence-corrected chi connectivity index (χ1v) is 16.5. The fourth-order valence-electron chi connectivity index (χ4n) is 7.40. The number of carbonyl (C=O) groups is 2. The van der Waals surface area contributed by atoms with Crippen molar-refractivity contribution >= 4 is 28.4 Å². The summed E-state index contributed by atoms with van der Waals surface area (Å²) in [4.78, 5) is 43.1. The lowest BCUT2D eigenvalue weighted by Crippen LogP contribution is -2.50. The Morgan fingerprint density at radius 2 is 1.58 bits per heavy atom. The molecule has 0 unspecified atom stereocenters. The van der Waals surface area contributed by atoms with Crippen molar-refractivity contribution in [3.05, 3.63) is 102 Å². The number of amides is 2. The number of hydrogen-bond acceptors (Lipinski definition) is 5. The first-order chi connectivity index (χ1) is 22.0. The highest BCUT2D eigenvalue weighted by molar-refractivity contribution is 6.15. The maximum atomic E-state index is 14.4. The number of aliphatic imine (C=N–C) groups is 1. The Morgan fingerprint density at radius 1 is 0.822 bits per heavy atom. The Kier molecular flexibility index (Phi) is 7.21. The van der Waals surface area contributed by atoms with E-state index in [4.69, 9.17) is 4.99 Å². The molecule has 1 saturated carbocycles. The van der Waals surface area contributed by atoms with Gasteiger partial charge in [-0.3, -0.25) is 29.4 Å². The summed E-state index contributed by atoms with van der Waals surface area (Å²) >= 11 is 0. The minimum absolute atomic E-state index is 0.135. The van der Waals surface area contributed by atoms with Gasteiger partial charge < -0.3 is 4.90 Å². The Bertz CT molecular complexity index is 1760. The molecule has 228 valence electrons. The van der Waals surface area contributed by atoms with Crippen LogP contribution < -0.4 is 0 Å². The third kappa shape index (κ3) is 5.54. The van der Waals surface area contributed by atoms with E-state index in [9.17, 15) is 9.59 Å². The van der Waals surface area contributed by atoms with Crippen molar-refractivity contribution in [1.82, 2.24) is 19.7 Å². The van der Waals surface area contributed by atoms with Crippen LogP contribution in [0.25, 0.3) is 21.9 Å². The third-order valence-corrected chi connectivity index (χ3v) is 10.2. The van der Waals surface area contributed by atoms with Gasteiger partial charge in [0, 0.05) is 68.5 Å². The quantitative estimate of drug-likeness (QED) is 0.271. The molecule has 2 saturated heterocycles. The number of nitrogens with zero attached hydrogens (tertiary/aromatic N) is 5. The van der Waals surface area contributed by atoms with Gasteiger partial charge in [0.1, 0.15) is 11.4 Å². The molecule has 7 nitrogen and oxygen atoms in total. The van der Waals surface area contributed by atoms with Crippen LogP contribution in [0, 0.1) is 11.8 Å². The molecule has 4 aromatic rings. The van der Waals surface area contributed by atoms with Crippen LogP contribution in [0.4, 0.5) is 0 Å². The molecule has 3 fully saturated rings. The molecule has 45 heavy (non-hydrogen) atoms. The van der Waals surface area contributed by atoms with Gasteiger partial charge in [-0.05, 0) is 72.2 Å². The highest BCUT2D eigenvalue weighted by atomic mass is 16.2. The van der Waals surface area contributed by atoms with Gasteiger partial charge in [-0.1, -0.05) is 66.7 Å². The summed E-state index contributed by atoms with van der Waals surface area (Å²) < 4.78 is 0. The first-order valence-electron chi connectivity index (χ1n) is 16.5. The number of benzene rings is 3. The van der Waals surface area contributed by atoms with Crippen molar-refractivity contribution in [2.45, 2.75) is 44.2 Å². The summed E-state index contributed by atoms with van der Waals surface area (Å²) in [6.45, 7) is 4.72. The van der Waals surface area contributed by atoms with E-state index in [2.05, 4.69) is 76.6 Å². The lowest BCUT2D eigenvalue weighted by molar-refractivity contribution is -0.133. The third-order valence-electron chi connectivity index (χ3n) is 10.2. The Labute approximate surface area is 264 Å². The molecule has 8 rings (SSSR count). The number of likely N-dealkylation sites (tertiary alicyclic amines) is 2. The van der Waals surface area contributed by atoms with E-state index in [0.29, 0.717) is 12.5 Å². The van der Waals surface area contributed by atoms with Gasteiger partial charge >= 0.3 is 0 Å². The van der Waals surface area contributed by atoms with Gasteiger partial charge in [-0.15, -0.1) is 0 Å². The zero-order valence-electron chi connectivity index (χ0n) is 25.6. The molecule has 1 aromatic heterocycles. The number of fused-ring (bicyclic) bond motifs is 1. The molecule has 2 amide bonds. The van der Waals surface area contributed by atoms with Crippen molar-refractivity contribution in [1.29, 1.82) is 0 Å². The van der Waals surface area contributed by atoms with Gasteiger partial charge in [0.2, 0.25) is 5.91 Å². The Balaban J connectivity index is 1.05. The summed E-state index contributed by atoms with van der Waals surface area (Å²) in [5.74, 6) is 1.73. The van der Waals surface area contributed by atoms with Gasteiger partial charge in [0.25, 0.3) is 5.91 Å². The average molecular weight is 598 g/mol. The van der Waals surface area contributed by atoms with Crippen LogP contribution in [-0.4, -0.2) is 75.6 Å². The number of hydrogen-bond donors (Lipinski definition) is 0. The molecule has 1 spiro atoms. The SMILES string of the molecule is O=C(C1CC1)N1CC[C@@H](CN2C(=O)C3(CCN(Cc4ccccc4)CC3)N=C2c2ccc(-c3ccc4cnccc4c3)cc2)C1. The van der Waals surface area contributed by atoms with Gasteiger partial charge in [0.15, 0.2) is 0 Å². The van der Waals surface area contributed by atoms with Crippen molar-refractivity contribution < 1.29 is 9.59 Å². The standard InChI is InChI=1S/C38H39N5O2/c44-36(31-10-11-31)42-19-15-28(25-42)26-43-35(30-8-6-29(7-9-30)32-12-13-34-23-39-18-14-33(34)22-32)40-38(37(43)45)16-20-41(21-17-38)24-27-4-2-1-3-5-27/h1-9,12-14,18,22-23,28,31H,10-11,15-17,19-21,24-26H2/t28-/m1/s1. The normalized spacial score (nSPS) is 21.6. The number of amidine groups is 1. The Hall–Kier alpha value is -4.36. The predicted octanol–water partition coefficient (Wildman–Crippen LogP) is 5.78. The van der Waals surface area contributed by atoms with Crippen LogP contribution in [0.3, 0.4) is 0 Å². The number of pyridine rings is 1. The second-order valence-corrected chi connectivity index (χ2v) is 13.4. The predicted molar refractivity (Wildman–Crippen MR) is 177 cm³/mol. The molecular weight excluding hydrogens is 558 g/mol. The minimum atomic E-state index is -0.713. The van der Waals surface area contributed by atoms with E-state index in [0.717, 1.165) is 98.1 Å². The molecule has 3 aromatic carbocycles. The maximum absolute atomic E-state index is 14.4. The zero-order chi connectivity index (χ0) is 30.4. The molecule has 0 radical (unpaired) electrons. The lowest BCUT2D eigenvalue weighted by atomic mass is 9.87. The maximum Gasteiger partial charge on any atom is 0.256 e. The summed E-state index contributed by atoms with van der Waals surface area (Å²) in [6, 6.07) is 27.5. The van der Waals surface area contributed by atoms with E-state index in [1.807, 2.05) is 34.3 Å². The fourth-order valence-corrected chi connectivity index (χ4v) is 7.40. The van der Waals surface area contributed by atoms with Crippen molar-refractivity contribution in [3.8, 4) is 11.1 Å². The van der Waals surface area contributed by atoms with Crippen molar-refractivity contribution in [2.75, 3.05) is 32.7 Å². The van der Waals surface area contributed by atoms with Crippen molar-refractivity contribution in [2.24, 2.45) is 16.8 Å². The average Bonchev–Trinajstić information content (AvgIpc) is 3.78. The fraction of sp³-hybridized carbons (Fsp3) is 0.368. The Morgan fingerprint density at radius 3 is 2.36 bits per heavy atom. The zero-order valence-corrected chi connectivity index (χ0v) is 25.6. The monoisotopic (exact) mass is 597 g/mol. The highest BCUT2D eigenvalue weighted by Gasteiger charge is 2.50. The second kappa shape index (κ2) is 11.5. The van der Waals surface area contributed by atoms with Crippen LogP contribution in [0.2, 0.25) is 0 Å². The summed E-state index contributed by atoms with van der Waals surface area (Å²) in [5.41, 5.74) is 3.84. The number of piperidine rings is 1. The number of carbonyl (C=O) groups excluding carboxylic acids is 2. The molecule has 7 heteroatoms. The first kappa shape index (κ1) is 28.1. The smallest absolute Gasteiger partial charge is 0.256 e. The van der Waals surface area contributed by atoms with E-state index >= 15 is 0 Å². The van der Waals surface area contributed by atoms with Gasteiger partial charge in [0.05, 0.1) is 0 Å². The summed E-state index contributed by atoms with van der Waals surface area (Å²) in [5, 5.41) is 2.28. The van der Waals surface area contributed by atoms with Crippen molar-refractivity contribution in [3.63, 3.8) is 0 Å². The molecule has 0 bridgehead atoms. The molecule has 4 heterocycles. The van der Waals surface area contributed by atoms with E-state index in [-0.39, 0.29) is 17.7 Å². The molecule has 3 aliphatic heterocycles. The van der Waals surface area contributed by atoms with E-state index in [1.54, 1.807) is 0 Å². The highest BCUT2D eigenvalue weighted by Crippen LogP contribution is 2.38. The second-order valence-electron chi connectivity index (χ2n) is 13.4. The topological polar surface area (TPSA) is 69.1 Å². The molecular formula is C38H39N5O2. The van der Waals surface area contributed by atoms with Gasteiger partial charge in [-0.25, -0.2) is 0 Å². The lowest BCUT2D eigenvalue weighted by Gasteiger charge is -2.36. The minimum Gasteiger partial charge on any atom is -0.342 e. The molecule has 0 N–H and O–H groups in total. The van der Waals surface area contributed by atoms with E-state index in [1.165, 1.54) is 5.56 Å². The summed E-state index contributed by atoms with van der Waals surface area (Å²) in [6.07, 6.45) is 8.14. The summed E-state index contributed by atoms with van der Waals surface area (Å²) in [7, 11) is 0. The molecule has 1 aliphatic carbocycles. The molecule has 4 aliphatic rings. The van der Waals surface area contributed by atoms with Crippen LogP contribution >= 0.6 is 0 Å². The van der Waals surface area contributed by atoms with Crippen LogP contribution in [0.15, 0.2) is 96.2 Å². The molecule has 1 atom stereocenters. The van der Waals surface area contributed by atoms with Crippen LogP contribution in [0.5, 0.6) is 0 Å². The van der Waals surface area contributed by atoms with Gasteiger partial charge in [-0.2, -0.15) is 0 Å². The number of rotatable bonds is 7. The van der Waals surface area contributed by atoms with Crippen LogP contribution in [-0.2, 0) is 16.1 Å². The van der Waals surface area contributed by atoms with E-state index < -0.39 is 5.54 Å². The van der Waals surface area contributed by atoms with Crippen LogP contribution in [0.1, 0.15) is 43.2 Å². The largest absolute Gasteiger partial charge is 0.342 e. The number of aromatic nitrogens is 1.